The summed E-state index contributed by atoms with van der Waals surface area (Å²) in [5.41, 5.74) is 1.04. The standard InChI is InChI=1S/C9H7BrCl2/c10-9(8(12)6-11)7-4-2-1-3-5-7/h1-5H,6H2. The van der Waals surface area contributed by atoms with Crippen LogP contribution >= 0.6 is 39.1 Å². The van der Waals surface area contributed by atoms with Crippen LogP contribution < -0.4 is 0 Å². The first-order valence-electron chi connectivity index (χ1n) is 3.41. The monoisotopic (exact) mass is 264 g/mol. The highest BCUT2D eigenvalue weighted by molar-refractivity contribution is 9.15. The molecule has 64 valence electrons. The maximum absolute atomic E-state index is 5.85. The van der Waals surface area contributed by atoms with Crippen molar-refractivity contribution in [2.24, 2.45) is 0 Å². The van der Waals surface area contributed by atoms with Gasteiger partial charge in [0.2, 0.25) is 0 Å². The number of halogens is 3. The number of hydrogen-bond acceptors (Lipinski definition) is 0. The summed E-state index contributed by atoms with van der Waals surface area (Å²) in [4.78, 5) is 0. The lowest BCUT2D eigenvalue weighted by atomic mass is 10.2. The molecule has 1 rings (SSSR count). The number of rotatable bonds is 2. The lowest BCUT2D eigenvalue weighted by Crippen LogP contribution is -1.80. The third-order valence-corrected chi connectivity index (χ3v) is 3.27. The molecule has 0 aliphatic heterocycles. The molecule has 0 N–H and O–H groups in total. The summed E-state index contributed by atoms with van der Waals surface area (Å²) < 4.78 is 0.861. The molecule has 0 bridgehead atoms. The number of benzene rings is 1. The van der Waals surface area contributed by atoms with Crippen molar-refractivity contribution < 1.29 is 0 Å². The average Bonchev–Trinajstić information content (AvgIpc) is 2.17. The summed E-state index contributed by atoms with van der Waals surface area (Å²) in [6.45, 7) is 0. The minimum atomic E-state index is 0.330. The molecule has 0 aromatic heterocycles. The Balaban J connectivity index is 3.00. The largest absolute Gasteiger partial charge is 0.121 e. The zero-order valence-corrected chi connectivity index (χ0v) is 9.33. The summed E-state index contributed by atoms with van der Waals surface area (Å²) in [5, 5.41) is 0.628. The minimum Gasteiger partial charge on any atom is -0.121 e. The summed E-state index contributed by atoms with van der Waals surface area (Å²) in [5.74, 6) is 0.330. The van der Waals surface area contributed by atoms with Crippen LogP contribution in [0.3, 0.4) is 0 Å². The van der Waals surface area contributed by atoms with Gasteiger partial charge in [-0.3, -0.25) is 0 Å². The highest BCUT2D eigenvalue weighted by atomic mass is 79.9. The predicted molar refractivity (Wildman–Crippen MR) is 58.9 cm³/mol. The van der Waals surface area contributed by atoms with Crippen molar-refractivity contribution in [2.45, 2.75) is 0 Å². The van der Waals surface area contributed by atoms with E-state index in [0.717, 1.165) is 10.0 Å². The molecule has 3 heteroatoms. The van der Waals surface area contributed by atoms with E-state index in [-0.39, 0.29) is 0 Å². The minimum absolute atomic E-state index is 0.330. The van der Waals surface area contributed by atoms with Crippen molar-refractivity contribution in [2.75, 3.05) is 5.88 Å². The van der Waals surface area contributed by atoms with Gasteiger partial charge < -0.3 is 0 Å². The van der Waals surface area contributed by atoms with E-state index in [1.807, 2.05) is 30.3 Å². The van der Waals surface area contributed by atoms with Crippen LogP contribution in [-0.4, -0.2) is 5.88 Å². The third kappa shape index (κ3) is 2.51. The molecule has 0 spiro atoms. The van der Waals surface area contributed by atoms with E-state index in [4.69, 9.17) is 23.2 Å². The first-order valence-corrected chi connectivity index (χ1v) is 5.11. The average molecular weight is 266 g/mol. The van der Waals surface area contributed by atoms with Crippen LogP contribution in [0.1, 0.15) is 5.56 Å². The van der Waals surface area contributed by atoms with Crippen LogP contribution in [0.15, 0.2) is 35.4 Å². The SMILES string of the molecule is ClCC(Cl)=C(Br)c1ccccc1. The van der Waals surface area contributed by atoms with Crippen LogP contribution in [0.4, 0.5) is 0 Å². The molecule has 0 atom stereocenters. The van der Waals surface area contributed by atoms with Gasteiger partial charge in [0.05, 0.1) is 5.88 Å². The second-order valence-electron chi connectivity index (χ2n) is 2.22. The van der Waals surface area contributed by atoms with Crippen molar-refractivity contribution in [1.29, 1.82) is 0 Å². The van der Waals surface area contributed by atoms with E-state index in [0.29, 0.717) is 10.9 Å². The topological polar surface area (TPSA) is 0 Å². The normalized spacial score (nSPS) is 12.6. The van der Waals surface area contributed by atoms with Crippen LogP contribution in [-0.2, 0) is 0 Å². The zero-order valence-electron chi connectivity index (χ0n) is 6.23. The van der Waals surface area contributed by atoms with Crippen molar-refractivity contribution >= 4 is 43.6 Å². The Bertz CT molecular complexity index is 280. The fourth-order valence-electron chi connectivity index (χ4n) is 0.800. The molecule has 1 aromatic rings. The molecule has 0 aliphatic carbocycles. The molecular formula is C9H7BrCl2. The fourth-order valence-corrected chi connectivity index (χ4v) is 1.61. The third-order valence-electron chi connectivity index (χ3n) is 1.38. The number of hydrogen-bond donors (Lipinski definition) is 0. The molecule has 0 radical (unpaired) electrons. The quantitative estimate of drug-likeness (QED) is 0.702. The van der Waals surface area contributed by atoms with E-state index in [9.17, 15) is 0 Å². The van der Waals surface area contributed by atoms with Crippen LogP contribution in [0.25, 0.3) is 4.48 Å². The van der Waals surface area contributed by atoms with E-state index in [1.54, 1.807) is 0 Å². The molecule has 0 aliphatic rings. The van der Waals surface area contributed by atoms with Crippen molar-refractivity contribution in [3.63, 3.8) is 0 Å². The van der Waals surface area contributed by atoms with Crippen LogP contribution in [0.2, 0.25) is 0 Å². The van der Waals surface area contributed by atoms with Gasteiger partial charge in [0.25, 0.3) is 0 Å². The van der Waals surface area contributed by atoms with Gasteiger partial charge in [-0.1, -0.05) is 41.9 Å². The molecule has 12 heavy (non-hydrogen) atoms. The molecule has 0 fully saturated rings. The second kappa shape index (κ2) is 4.90. The lowest BCUT2D eigenvalue weighted by Gasteiger charge is -2.00. The van der Waals surface area contributed by atoms with Gasteiger partial charge in [-0.15, -0.1) is 11.6 Å². The number of allylic oxidation sites excluding steroid dienone is 1. The van der Waals surface area contributed by atoms with E-state index in [2.05, 4.69) is 15.9 Å². The Hall–Kier alpha value is 0.0200. The lowest BCUT2D eigenvalue weighted by molar-refractivity contribution is 1.62. The molecule has 0 amide bonds. The summed E-state index contributed by atoms with van der Waals surface area (Å²) >= 11 is 14.8. The molecule has 1 aromatic carbocycles. The van der Waals surface area contributed by atoms with Crippen molar-refractivity contribution in [1.82, 2.24) is 0 Å². The first-order chi connectivity index (χ1) is 5.75. The second-order valence-corrected chi connectivity index (χ2v) is 3.74. The zero-order chi connectivity index (χ0) is 8.97. The Kier molecular flexibility index (Phi) is 4.13. The fraction of sp³-hybridized carbons (Fsp3) is 0.111. The van der Waals surface area contributed by atoms with Gasteiger partial charge in [-0.25, -0.2) is 0 Å². The smallest absolute Gasteiger partial charge is 0.0593 e. The Morgan fingerprint density at radius 2 is 1.83 bits per heavy atom. The Morgan fingerprint density at radius 1 is 1.25 bits per heavy atom. The highest BCUT2D eigenvalue weighted by Gasteiger charge is 2.01. The maximum Gasteiger partial charge on any atom is 0.0593 e. The van der Waals surface area contributed by atoms with Gasteiger partial charge in [-0.2, -0.15) is 0 Å². The van der Waals surface area contributed by atoms with Crippen LogP contribution in [0.5, 0.6) is 0 Å². The van der Waals surface area contributed by atoms with Crippen LogP contribution in [0, 0.1) is 0 Å². The van der Waals surface area contributed by atoms with Crippen molar-refractivity contribution in [3.05, 3.63) is 40.9 Å². The molecule has 0 saturated carbocycles. The van der Waals surface area contributed by atoms with Gasteiger partial charge >= 0.3 is 0 Å². The Labute approximate surface area is 90.3 Å². The van der Waals surface area contributed by atoms with Gasteiger partial charge in [-0.05, 0) is 21.5 Å². The molecule has 0 unspecified atom stereocenters. The summed E-state index contributed by atoms with van der Waals surface area (Å²) in [7, 11) is 0. The Morgan fingerprint density at radius 3 is 2.33 bits per heavy atom. The molecular weight excluding hydrogens is 259 g/mol. The van der Waals surface area contributed by atoms with E-state index in [1.165, 1.54) is 0 Å². The maximum atomic E-state index is 5.85. The first kappa shape index (κ1) is 10.1. The van der Waals surface area contributed by atoms with E-state index < -0.39 is 0 Å². The summed E-state index contributed by atoms with van der Waals surface area (Å²) in [6.07, 6.45) is 0. The van der Waals surface area contributed by atoms with Gasteiger partial charge in [0.15, 0.2) is 0 Å². The van der Waals surface area contributed by atoms with Gasteiger partial charge in [0.1, 0.15) is 0 Å². The predicted octanol–water partition coefficient (Wildman–Crippen LogP) is 4.23. The summed E-state index contributed by atoms with van der Waals surface area (Å²) in [6, 6.07) is 9.81. The highest BCUT2D eigenvalue weighted by Crippen LogP contribution is 2.27. The molecule has 0 nitrogen and oxygen atoms in total. The van der Waals surface area contributed by atoms with Crippen molar-refractivity contribution in [3.8, 4) is 0 Å². The number of alkyl halides is 1. The molecule has 0 heterocycles. The molecule has 0 saturated heterocycles. The van der Waals surface area contributed by atoms with Gasteiger partial charge in [0, 0.05) is 9.51 Å². The van der Waals surface area contributed by atoms with E-state index >= 15 is 0 Å².